The molecule has 0 aliphatic carbocycles. The molecule has 0 fully saturated rings. The lowest BCUT2D eigenvalue weighted by Crippen LogP contribution is -1.95. The summed E-state index contributed by atoms with van der Waals surface area (Å²) in [5.41, 5.74) is 6.99. The Labute approximate surface area is 123 Å². The van der Waals surface area contributed by atoms with Gasteiger partial charge < -0.3 is 5.73 Å². The van der Waals surface area contributed by atoms with Crippen LogP contribution in [0, 0.1) is 0 Å². The van der Waals surface area contributed by atoms with Crippen LogP contribution in [0.1, 0.15) is 25.8 Å². The molecular formula is C16H17N3S. The van der Waals surface area contributed by atoms with Gasteiger partial charge in [-0.25, -0.2) is 4.98 Å². The number of aromatic nitrogens is 1. The van der Waals surface area contributed by atoms with Crippen LogP contribution in [0.15, 0.2) is 41.5 Å². The number of rotatable bonds is 1. The zero-order valence-electron chi connectivity index (χ0n) is 11.6. The highest BCUT2D eigenvalue weighted by Crippen LogP contribution is 2.33. The molecule has 3 rings (SSSR count). The fourth-order valence-electron chi connectivity index (χ4n) is 2.36. The standard InChI is InChI=1S/C16H17N3S/c1-10-3-6-15(20-11(2)19-10)12-4-5-13-9-18-16(17)8-14(13)7-12/h4-10H,3H2,1-2H3,(H2,17,18). The predicted octanol–water partition coefficient (Wildman–Crippen LogP) is 4.10. The topological polar surface area (TPSA) is 51.3 Å². The summed E-state index contributed by atoms with van der Waals surface area (Å²) < 4.78 is 0. The highest BCUT2D eigenvalue weighted by Gasteiger charge is 2.11. The van der Waals surface area contributed by atoms with Crippen molar-refractivity contribution in [3.8, 4) is 0 Å². The molecule has 1 aliphatic rings. The molecule has 20 heavy (non-hydrogen) atoms. The number of hydrogen-bond donors (Lipinski definition) is 1. The second-order valence-corrected chi connectivity index (χ2v) is 6.31. The summed E-state index contributed by atoms with van der Waals surface area (Å²) in [5, 5.41) is 3.36. The summed E-state index contributed by atoms with van der Waals surface area (Å²) >= 11 is 1.74. The molecule has 0 amide bonds. The number of pyridine rings is 1. The number of aliphatic imine (C=N–C) groups is 1. The maximum absolute atomic E-state index is 5.77. The van der Waals surface area contributed by atoms with E-state index in [1.807, 2.05) is 12.3 Å². The van der Waals surface area contributed by atoms with Gasteiger partial charge in [-0.05, 0) is 43.4 Å². The van der Waals surface area contributed by atoms with Gasteiger partial charge in [0.1, 0.15) is 5.82 Å². The van der Waals surface area contributed by atoms with E-state index in [0.717, 1.165) is 22.2 Å². The molecule has 1 aromatic heterocycles. The van der Waals surface area contributed by atoms with E-state index in [2.05, 4.69) is 48.1 Å². The number of anilines is 1. The molecule has 0 bridgehead atoms. The van der Waals surface area contributed by atoms with Crippen LogP contribution in [-0.4, -0.2) is 16.1 Å². The second-order valence-electron chi connectivity index (χ2n) is 5.07. The highest BCUT2D eigenvalue weighted by atomic mass is 32.2. The molecule has 0 radical (unpaired) electrons. The van der Waals surface area contributed by atoms with Gasteiger partial charge in [0.2, 0.25) is 0 Å². The molecule has 1 aliphatic heterocycles. The Morgan fingerprint density at radius 3 is 2.95 bits per heavy atom. The second kappa shape index (κ2) is 5.29. The zero-order valence-corrected chi connectivity index (χ0v) is 12.4. The fourth-order valence-corrected chi connectivity index (χ4v) is 3.33. The van der Waals surface area contributed by atoms with Crippen LogP contribution in [0.25, 0.3) is 15.7 Å². The van der Waals surface area contributed by atoms with E-state index in [-0.39, 0.29) is 0 Å². The molecule has 0 saturated heterocycles. The minimum atomic E-state index is 0.361. The van der Waals surface area contributed by atoms with E-state index in [1.54, 1.807) is 11.8 Å². The molecule has 2 N–H and O–H groups in total. The van der Waals surface area contributed by atoms with E-state index >= 15 is 0 Å². The summed E-state index contributed by atoms with van der Waals surface area (Å²) in [6.45, 7) is 4.22. The first-order valence-electron chi connectivity index (χ1n) is 6.70. The van der Waals surface area contributed by atoms with E-state index in [4.69, 9.17) is 5.73 Å². The van der Waals surface area contributed by atoms with Gasteiger partial charge in [-0.15, -0.1) is 0 Å². The van der Waals surface area contributed by atoms with Crippen molar-refractivity contribution in [3.63, 3.8) is 0 Å². The largest absolute Gasteiger partial charge is 0.384 e. The van der Waals surface area contributed by atoms with E-state index in [9.17, 15) is 0 Å². The Balaban J connectivity index is 2.03. The number of nitrogens with two attached hydrogens (primary N) is 1. The lowest BCUT2D eigenvalue weighted by atomic mass is 10.1. The van der Waals surface area contributed by atoms with Gasteiger partial charge in [0, 0.05) is 16.5 Å². The van der Waals surface area contributed by atoms with Crippen molar-refractivity contribution in [2.24, 2.45) is 4.99 Å². The number of benzene rings is 1. The van der Waals surface area contributed by atoms with Crippen molar-refractivity contribution in [2.45, 2.75) is 26.3 Å². The zero-order chi connectivity index (χ0) is 14.1. The van der Waals surface area contributed by atoms with Gasteiger partial charge >= 0.3 is 0 Å². The molecule has 4 heteroatoms. The summed E-state index contributed by atoms with van der Waals surface area (Å²) in [7, 11) is 0. The van der Waals surface area contributed by atoms with Gasteiger partial charge in [0.15, 0.2) is 0 Å². The third kappa shape index (κ3) is 2.70. The summed E-state index contributed by atoms with van der Waals surface area (Å²) in [6.07, 6.45) is 5.08. The van der Waals surface area contributed by atoms with Crippen LogP contribution >= 0.6 is 11.8 Å². The SMILES string of the molecule is CC1=NC(C)CC=C(c2ccc3cnc(N)cc3c2)S1. The fraction of sp³-hybridized carbons (Fsp3) is 0.250. The molecule has 0 saturated carbocycles. The van der Waals surface area contributed by atoms with Crippen molar-refractivity contribution >= 4 is 38.3 Å². The third-order valence-electron chi connectivity index (χ3n) is 3.33. The number of hydrogen-bond acceptors (Lipinski definition) is 4. The first-order chi connectivity index (χ1) is 9.61. The van der Waals surface area contributed by atoms with E-state index in [0.29, 0.717) is 11.9 Å². The Hall–Kier alpha value is -1.81. The van der Waals surface area contributed by atoms with Crippen molar-refractivity contribution in [3.05, 3.63) is 42.1 Å². The van der Waals surface area contributed by atoms with Crippen molar-refractivity contribution in [1.82, 2.24) is 4.98 Å². The van der Waals surface area contributed by atoms with Crippen LogP contribution in [0.2, 0.25) is 0 Å². The van der Waals surface area contributed by atoms with Gasteiger partial charge in [-0.2, -0.15) is 0 Å². The van der Waals surface area contributed by atoms with Crippen LogP contribution in [0.5, 0.6) is 0 Å². The molecule has 3 nitrogen and oxygen atoms in total. The van der Waals surface area contributed by atoms with E-state index in [1.165, 1.54) is 10.5 Å². The maximum atomic E-state index is 5.77. The summed E-state index contributed by atoms with van der Waals surface area (Å²) in [5.74, 6) is 0.559. The van der Waals surface area contributed by atoms with Crippen LogP contribution in [0.3, 0.4) is 0 Å². The average molecular weight is 283 g/mol. The van der Waals surface area contributed by atoms with Gasteiger partial charge in [0.05, 0.1) is 11.1 Å². The molecule has 2 heterocycles. The first-order valence-corrected chi connectivity index (χ1v) is 7.51. The Morgan fingerprint density at radius 2 is 2.10 bits per heavy atom. The van der Waals surface area contributed by atoms with Gasteiger partial charge in [-0.1, -0.05) is 30.0 Å². The lowest BCUT2D eigenvalue weighted by molar-refractivity contribution is 0.764. The summed E-state index contributed by atoms with van der Waals surface area (Å²) in [4.78, 5) is 10.0. The molecule has 2 aromatic rings. The third-order valence-corrected chi connectivity index (χ3v) is 4.35. The molecule has 1 atom stereocenters. The number of nitrogens with zero attached hydrogens (tertiary/aromatic N) is 2. The van der Waals surface area contributed by atoms with Gasteiger partial charge in [-0.3, -0.25) is 4.99 Å². The predicted molar refractivity (Wildman–Crippen MR) is 88.9 cm³/mol. The van der Waals surface area contributed by atoms with Crippen LogP contribution in [-0.2, 0) is 0 Å². The van der Waals surface area contributed by atoms with Crippen molar-refractivity contribution < 1.29 is 0 Å². The Kier molecular flexibility index (Phi) is 3.49. The smallest absolute Gasteiger partial charge is 0.123 e. The average Bonchev–Trinajstić information content (AvgIpc) is 2.58. The molecule has 0 spiro atoms. The quantitative estimate of drug-likeness (QED) is 0.857. The summed E-state index contributed by atoms with van der Waals surface area (Å²) in [6, 6.07) is 8.70. The van der Waals surface area contributed by atoms with Crippen LogP contribution < -0.4 is 5.73 Å². The maximum Gasteiger partial charge on any atom is 0.123 e. The molecular weight excluding hydrogens is 266 g/mol. The highest BCUT2D eigenvalue weighted by molar-refractivity contribution is 8.21. The van der Waals surface area contributed by atoms with Crippen molar-refractivity contribution in [1.29, 1.82) is 0 Å². The Bertz CT molecular complexity index is 719. The molecule has 1 unspecified atom stereocenters. The minimum Gasteiger partial charge on any atom is -0.384 e. The van der Waals surface area contributed by atoms with Crippen LogP contribution in [0.4, 0.5) is 5.82 Å². The monoisotopic (exact) mass is 283 g/mol. The lowest BCUT2D eigenvalue weighted by Gasteiger charge is -2.07. The Morgan fingerprint density at radius 1 is 1.25 bits per heavy atom. The number of nitrogen functional groups attached to an aromatic ring is 1. The van der Waals surface area contributed by atoms with Gasteiger partial charge in [0.25, 0.3) is 0 Å². The first kappa shape index (κ1) is 13.2. The van der Waals surface area contributed by atoms with E-state index < -0.39 is 0 Å². The number of fused-ring (bicyclic) bond motifs is 1. The number of thioether (sulfide) groups is 1. The molecule has 102 valence electrons. The molecule has 1 aromatic carbocycles. The normalized spacial score (nSPS) is 19.4. The van der Waals surface area contributed by atoms with Crippen molar-refractivity contribution in [2.75, 3.05) is 5.73 Å². The minimum absolute atomic E-state index is 0.361.